The second-order valence-electron chi connectivity index (χ2n) is 12.2. The summed E-state index contributed by atoms with van der Waals surface area (Å²) in [6.45, 7) is 9.37. The summed E-state index contributed by atoms with van der Waals surface area (Å²) in [7, 11) is 0. The predicted octanol–water partition coefficient (Wildman–Crippen LogP) is 12.7. The minimum Gasteiger partial charge on any atom is -0.332 e. The topological polar surface area (TPSA) is 17.8 Å². The molecule has 2 unspecified atom stereocenters. The monoisotopic (exact) mass is 517 g/mol. The molecule has 1 rings (SSSR count). The highest BCUT2D eigenvalue weighted by atomic mass is 15.1. The molecule has 0 fully saturated rings. The van der Waals surface area contributed by atoms with Crippen molar-refractivity contribution in [2.75, 3.05) is 0 Å². The first-order valence-corrected chi connectivity index (χ1v) is 17.3. The lowest BCUT2D eigenvalue weighted by Crippen LogP contribution is -2.13. The van der Waals surface area contributed by atoms with Crippen LogP contribution in [0.2, 0.25) is 0 Å². The van der Waals surface area contributed by atoms with Crippen LogP contribution in [-0.2, 0) is 0 Å². The molecule has 0 saturated carbocycles. The Bertz CT molecular complexity index is 578. The van der Waals surface area contributed by atoms with Crippen LogP contribution in [0.4, 0.5) is 0 Å². The highest BCUT2D eigenvalue weighted by molar-refractivity contribution is 5.02. The summed E-state index contributed by atoms with van der Waals surface area (Å²) < 4.78 is 2.56. The van der Waals surface area contributed by atoms with Crippen LogP contribution in [0.1, 0.15) is 212 Å². The number of rotatable bonds is 28. The van der Waals surface area contributed by atoms with Gasteiger partial charge in [0.25, 0.3) is 0 Å². The van der Waals surface area contributed by atoms with E-state index in [-0.39, 0.29) is 0 Å². The summed E-state index contributed by atoms with van der Waals surface area (Å²) in [6.07, 6.45) is 40.8. The van der Waals surface area contributed by atoms with Crippen LogP contribution in [0.15, 0.2) is 12.4 Å². The first-order chi connectivity index (χ1) is 18.2. The SMILES string of the molecule is CCCCCCCCCCCCC(CCCCCCC)c1nccn1C(C)CCCCCCCCCC. The standard InChI is InChI=1S/C35H68N2/c1-5-8-11-14-16-18-19-21-24-27-30-34(29-26-22-13-10-7-3)35-36-31-32-37(35)33(4)28-25-23-20-17-15-12-9-6-2/h31-34H,5-30H2,1-4H3. The van der Waals surface area contributed by atoms with E-state index < -0.39 is 0 Å². The van der Waals surface area contributed by atoms with E-state index in [9.17, 15) is 0 Å². The van der Waals surface area contributed by atoms with E-state index >= 15 is 0 Å². The molecule has 2 heteroatoms. The molecule has 0 N–H and O–H groups in total. The molecule has 0 bridgehead atoms. The fourth-order valence-corrected chi connectivity index (χ4v) is 6.00. The number of aromatic nitrogens is 2. The molecule has 0 aromatic carbocycles. The zero-order valence-corrected chi connectivity index (χ0v) is 26.1. The van der Waals surface area contributed by atoms with Gasteiger partial charge in [0.15, 0.2) is 0 Å². The molecule has 0 saturated heterocycles. The van der Waals surface area contributed by atoms with E-state index in [4.69, 9.17) is 4.98 Å². The normalized spacial score (nSPS) is 13.3. The third kappa shape index (κ3) is 18.2. The van der Waals surface area contributed by atoms with Crippen LogP contribution in [0.25, 0.3) is 0 Å². The van der Waals surface area contributed by atoms with Gasteiger partial charge >= 0.3 is 0 Å². The van der Waals surface area contributed by atoms with Crippen molar-refractivity contribution in [2.45, 2.75) is 207 Å². The Morgan fingerprint density at radius 3 is 1.27 bits per heavy atom. The molecule has 1 aromatic heterocycles. The molecule has 1 aromatic rings. The van der Waals surface area contributed by atoms with E-state index in [2.05, 4.69) is 44.7 Å². The second kappa shape index (κ2) is 25.5. The van der Waals surface area contributed by atoms with Crippen LogP contribution in [0.3, 0.4) is 0 Å². The Balaban J connectivity index is 2.43. The van der Waals surface area contributed by atoms with E-state index in [1.165, 1.54) is 173 Å². The van der Waals surface area contributed by atoms with Crippen LogP contribution in [0, 0.1) is 0 Å². The molecule has 0 radical (unpaired) electrons. The molecule has 2 nitrogen and oxygen atoms in total. The molecule has 0 spiro atoms. The van der Waals surface area contributed by atoms with Crippen LogP contribution in [0.5, 0.6) is 0 Å². The summed E-state index contributed by atoms with van der Waals surface area (Å²) in [4.78, 5) is 4.97. The van der Waals surface area contributed by atoms with Gasteiger partial charge in [-0.05, 0) is 26.2 Å². The first-order valence-electron chi connectivity index (χ1n) is 17.3. The van der Waals surface area contributed by atoms with Crippen LogP contribution < -0.4 is 0 Å². The van der Waals surface area contributed by atoms with Gasteiger partial charge in [-0.25, -0.2) is 4.98 Å². The lowest BCUT2D eigenvalue weighted by Gasteiger charge is -2.22. The van der Waals surface area contributed by atoms with E-state index in [0.717, 1.165) is 0 Å². The molecule has 0 aliphatic heterocycles. The van der Waals surface area contributed by atoms with Gasteiger partial charge in [0.05, 0.1) is 0 Å². The molecular weight excluding hydrogens is 448 g/mol. The van der Waals surface area contributed by atoms with Crippen LogP contribution in [-0.4, -0.2) is 9.55 Å². The van der Waals surface area contributed by atoms with Gasteiger partial charge in [-0.2, -0.15) is 0 Å². The van der Waals surface area contributed by atoms with Crippen molar-refractivity contribution in [3.05, 3.63) is 18.2 Å². The van der Waals surface area contributed by atoms with Crippen molar-refractivity contribution in [2.24, 2.45) is 0 Å². The van der Waals surface area contributed by atoms with E-state index in [0.29, 0.717) is 12.0 Å². The van der Waals surface area contributed by atoms with E-state index in [1.54, 1.807) is 0 Å². The maximum atomic E-state index is 4.97. The third-order valence-corrected chi connectivity index (χ3v) is 8.58. The number of nitrogens with zero attached hydrogens (tertiary/aromatic N) is 2. The number of hydrogen-bond donors (Lipinski definition) is 0. The number of hydrogen-bond acceptors (Lipinski definition) is 1. The summed E-state index contributed by atoms with van der Waals surface area (Å²) in [5.74, 6) is 2.06. The molecule has 218 valence electrons. The highest BCUT2D eigenvalue weighted by Gasteiger charge is 2.19. The van der Waals surface area contributed by atoms with Crippen molar-refractivity contribution >= 4 is 0 Å². The quantitative estimate of drug-likeness (QED) is 0.101. The summed E-state index contributed by atoms with van der Waals surface area (Å²) in [5.41, 5.74) is 0. The Labute approximate surface area is 234 Å². The van der Waals surface area contributed by atoms with Gasteiger partial charge in [-0.15, -0.1) is 0 Å². The van der Waals surface area contributed by atoms with Crippen LogP contribution >= 0.6 is 0 Å². The largest absolute Gasteiger partial charge is 0.332 e. The van der Waals surface area contributed by atoms with Gasteiger partial charge in [0.1, 0.15) is 5.82 Å². The zero-order valence-electron chi connectivity index (χ0n) is 26.1. The van der Waals surface area contributed by atoms with Crippen molar-refractivity contribution in [3.63, 3.8) is 0 Å². The van der Waals surface area contributed by atoms with Gasteiger partial charge in [0, 0.05) is 24.4 Å². The molecule has 37 heavy (non-hydrogen) atoms. The molecule has 0 aliphatic carbocycles. The maximum Gasteiger partial charge on any atom is 0.111 e. The fraction of sp³-hybridized carbons (Fsp3) is 0.914. The minimum atomic E-state index is 0.591. The average molecular weight is 517 g/mol. The molecular formula is C35H68N2. The van der Waals surface area contributed by atoms with Crippen molar-refractivity contribution in [1.82, 2.24) is 9.55 Å². The van der Waals surface area contributed by atoms with Gasteiger partial charge in [0.2, 0.25) is 0 Å². The van der Waals surface area contributed by atoms with Crippen molar-refractivity contribution < 1.29 is 0 Å². The lowest BCUT2D eigenvalue weighted by molar-refractivity contribution is 0.412. The molecule has 0 aliphatic rings. The smallest absolute Gasteiger partial charge is 0.111 e. The summed E-state index contributed by atoms with van der Waals surface area (Å²) in [5, 5.41) is 0. The minimum absolute atomic E-state index is 0.591. The fourth-order valence-electron chi connectivity index (χ4n) is 6.00. The lowest BCUT2D eigenvalue weighted by atomic mass is 9.93. The van der Waals surface area contributed by atoms with E-state index in [1.807, 2.05) is 0 Å². The molecule has 1 heterocycles. The Kier molecular flexibility index (Phi) is 23.6. The summed E-state index contributed by atoms with van der Waals surface area (Å²) >= 11 is 0. The third-order valence-electron chi connectivity index (χ3n) is 8.58. The van der Waals surface area contributed by atoms with Gasteiger partial charge in [-0.1, -0.05) is 168 Å². The van der Waals surface area contributed by atoms with Crippen molar-refractivity contribution in [1.29, 1.82) is 0 Å². The zero-order chi connectivity index (χ0) is 26.8. The highest BCUT2D eigenvalue weighted by Crippen LogP contribution is 2.30. The molecule has 0 amide bonds. The Morgan fingerprint density at radius 2 is 0.865 bits per heavy atom. The first kappa shape index (κ1) is 34.2. The van der Waals surface area contributed by atoms with Gasteiger partial charge in [-0.3, -0.25) is 0 Å². The number of unbranched alkanes of at least 4 members (excludes halogenated alkanes) is 20. The summed E-state index contributed by atoms with van der Waals surface area (Å²) in [6, 6.07) is 0.591. The average Bonchev–Trinajstić information content (AvgIpc) is 3.40. The molecule has 2 atom stereocenters. The predicted molar refractivity (Wildman–Crippen MR) is 167 cm³/mol. The Morgan fingerprint density at radius 1 is 0.514 bits per heavy atom. The van der Waals surface area contributed by atoms with Crippen molar-refractivity contribution in [3.8, 4) is 0 Å². The maximum absolute atomic E-state index is 4.97. The van der Waals surface area contributed by atoms with Gasteiger partial charge < -0.3 is 4.57 Å². The Hall–Kier alpha value is -0.790. The second-order valence-corrected chi connectivity index (χ2v) is 12.2. The number of imidazole rings is 1.